The molecule has 0 fully saturated rings. The van der Waals surface area contributed by atoms with Crippen molar-refractivity contribution in [1.82, 2.24) is 9.78 Å². The van der Waals surface area contributed by atoms with Crippen LogP contribution in [0.3, 0.4) is 0 Å². The van der Waals surface area contributed by atoms with Crippen LogP contribution in [0.15, 0.2) is 29.3 Å². The number of aromatic nitrogens is 2. The van der Waals surface area contributed by atoms with E-state index in [1.54, 1.807) is 20.0 Å². The first-order chi connectivity index (χ1) is 8.81. The van der Waals surface area contributed by atoms with Crippen molar-refractivity contribution in [3.05, 3.63) is 35.0 Å². The SMILES string of the molecule is Cc1cc(Cl)c(N)cc1S(=O)(=O)Nc1ccnn1C. The van der Waals surface area contributed by atoms with E-state index in [9.17, 15) is 8.42 Å². The average Bonchev–Trinajstić information content (AvgIpc) is 2.69. The van der Waals surface area contributed by atoms with Gasteiger partial charge in [-0.3, -0.25) is 9.40 Å². The van der Waals surface area contributed by atoms with Gasteiger partial charge in [0.25, 0.3) is 10.0 Å². The number of nitrogens with zero attached hydrogens (tertiary/aromatic N) is 2. The highest BCUT2D eigenvalue weighted by atomic mass is 35.5. The molecule has 0 aliphatic carbocycles. The van der Waals surface area contributed by atoms with Gasteiger partial charge >= 0.3 is 0 Å². The maximum Gasteiger partial charge on any atom is 0.263 e. The molecule has 0 bridgehead atoms. The van der Waals surface area contributed by atoms with Gasteiger partial charge in [-0.25, -0.2) is 8.42 Å². The van der Waals surface area contributed by atoms with E-state index in [0.29, 0.717) is 16.4 Å². The van der Waals surface area contributed by atoms with Crippen molar-refractivity contribution in [1.29, 1.82) is 0 Å². The standard InChI is InChI=1S/C11H13ClN4O2S/c1-7-5-8(12)9(13)6-10(7)19(17,18)15-11-3-4-14-16(11)2/h3-6,15H,13H2,1-2H3. The van der Waals surface area contributed by atoms with Crippen molar-refractivity contribution in [2.24, 2.45) is 7.05 Å². The molecule has 8 heteroatoms. The van der Waals surface area contributed by atoms with Crippen LogP contribution in [0, 0.1) is 6.92 Å². The number of nitrogens with two attached hydrogens (primary N) is 1. The van der Waals surface area contributed by atoms with Gasteiger partial charge in [-0.15, -0.1) is 0 Å². The van der Waals surface area contributed by atoms with Crippen molar-refractivity contribution in [2.45, 2.75) is 11.8 Å². The molecule has 0 radical (unpaired) electrons. The molecule has 1 aromatic carbocycles. The zero-order valence-electron chi connectivity index (χ0n) is 10.4. The molecule has 0 unspecified atom stereocenters. The molecule has 0 spiro atoms. The first-order valence-electron chi connectivity index (χ1n) is 5.37. The predicted molar refractivity (Wildman–Crippen MR) is 74.6 cm³/mol. The van der Waals surface area contributed by atoms with E-state index in [1.807, 2.05) is 0 Å². The summed E-state index contributed by atoms with van der Waals surface area (Å²) in [5.41, 5.74) is 6.39. The molecule has 0 aliphatic rings. The maximum atomic E-state index is 12.3. The number of halogens is 1. The Kier molecular flexibility index (Phi) is 3.42. The zero-order valence-corrected chi connectivity index (χ0v) is 12.0. The summed E-state index contributed by atoms with van der Waals surface area (Å²) in [4.78, 5) is 0.0931. The molecule has 2 rings (SSSR count). The Bertz CT molecular complexity index is 724. The van der Waals surface area contributed by atoms with E-state index in [0.717, 1.165) is 0 Å². The second kappa shape index (κ2) is 4.75. The zero-order chi connectivity index (χ0) is 14.2. The molecule has 6 nitrogen and oxygen atoms in total. The third-order valence-electron chi connectivity index (χ3n) is 2.64. The van der Waals surface area contributed by atoms with Crippen LogP contribution in [0.2, 0.25) is 5.02 Å². The summed E-state index contributed by atoms with van der Waals surface area (Å²) >= 11 is 5.85. The van der Waals surface area contributed by atoms with E-state index in [4.69, 9.17) is 17.3 Å². The van der Waals surface area contributed by atoms with Gasteiger partial charge in [-0.2, -0.15) is 5.10 Å². The lowest BCUT2D eigenvalue weighted by Gasteiger charge is -2.11. The average molecular weight is 301 g/mol. The second-order valence-corrected chi connectivity index (χ2v) is 6.14. The third-order valence-corrected chi connectivity index (χ3v) is 4.47. The van der Waals surface area contributed by atoms with Crippen molar-refractivity contribution in [3.63, 3.8) is 0 Å². The molecule has 1 aromatic heterocycles. The predicted octanol–water partition coefficient (Wildman–Crippen LogP) is 1.76. The van der Waals surface area contributed by atoms with Gasteiger partial charge < -0.3 is 5.73 Å². The van der Waals surface area contributed by atoms with Gasteiger partial charge in [-0.1, -0.05) is 11.6 Å². The first-order valence-corrected chi connectivity index (χ1v) is 7.24. The Morgan fingerprint density at radius 1 is 1.42 bits per heavy atom. The lowest BCUT2D eigenvalue weighted by Crippen LogP contribution is -2.16. The summed E-state index contributed by atoms with van der Waals surface area (Å²) in [7, 11) is -2.09. The Morgan fingerprint density at radius 3 is 2.68 bits per heavy atom. The molecule has 3 N–H and O–H groups in total. The number of rotatable bonds is 3. The highest BCUT2D eigenvalue weighted by Crippen LogP contribution is 2.27. The van der Waals surface area contributed by atoms with Gasteiger partial charge in [0, 0.05) is 13.1 Å². The second-order valence-electron chi connectivity index (χ2n) is 4.08. The van der Waals surface area contributed by atoms with Crippen LogP contribution in [0.5, 0.6) is 0 Å². The minimum atomic E-state index is -3.73. The smallest absolute Gasteiger partial charge is 0.263 e. The molecule has 1 heterocycles. The fraction of sp³-hybridized carbons (Fsp3) is 0.182. The van der Waals surface area contributed by atoms with Crippen molar-refractivity contribution >= 4 is 33.1 Å². The highest BCUT2D eigenvalue weighted by molar-refractivity contribution is 7.92. The fourth-order valence-electron chi connectivity index (χ4n) is 1.62. The molecular weight excluding hydrogens is 288 g/mol. The van der Waals surface area contributed by atoms with E-state index < -0.39 is 10.0 Å². The Hall–Kier alpha value is -1.73. The van der Waals surface area contributed by atoms with Crippen LogP contribution in [-0.4, -0.2) is 18.2 Å². The molecule has 0 saturated carbocycles. The summed E-state index contributed by atoms with van der Waals surface area (Å²) in [6.07, 6.45) is 1.50. The molecule has 102 valence electrons. The Balaban J connectivity index is 2.46. The number of hydrogen-bond acceptors (Lipinski definition) is 4. The Labute approximate surface area is 116 Å². The minimum Gasteiger partial charge on any atom is -0.397 e. The lowest BCUT2D eigenvalue weighted by molar-refractivity contribution is 0.599. The highest BCUT2D eigenvalue weighted by Gasteiger charge is 2.19. The van der Waals surface area contributed by atoms with Crippen LogP contribution in [0.4, 0.5) is 11.5 Å². The number of sulfonamides is 1. The van der Waals surface area contributed by atoms with Crippen LogP contribution in [0.1, 0.15) is 5.56 Å². The van der Waals surface area contributed by atoms with Crippen molar-refractivity contribution in [2.75, 3.05) is 10.5 Å². The Morgan fingerprint density at radius 2 is 2.11 bits per heavy atom. The quantitative estimate of drug-likeness (QED) is 0.845. The lowest BCUT2D eigenvalue weighted by atomic mass is 10.2. The van der Waals surface area contributed by atoms with E-state index in [2.05, 4.69) is 9.82 Å². The van der Waals surface area contributed by atoms with Crippen LogP contribution in [0.25, 0.3) is 0 Å². The molecular formula is C11H13ClN4O2S. The van der Waals surface area contributed by atoms with Crippen LogP contribution < -0.4 is 10.5 Å². The fourth-order valence-corrected chi connectivity index (χ4v) is 3.19. The van der Waals surface area contributed by atoms with Crippen LogP contribution >= 0.6 is 11.6 Å². The molecule has 19 heavy (non-hydrogen) atoms. The van der Waals surface area contributed by atoms with Crippen LogP contribution in [-0.2, 0) is 17.1 Å². The van der Waals surface area contributed by atoms with Gasteiger partial charge in [0.05, 0.1) is 21.8 Å². The largest absolute Gasteiger partial charge is 0.397 e. The molecule has 0 atom stereocenters. The topological polar surface area (TPSA) is 90.0 Å². The molecule has 0 aliphatic heterocycles. The van der Waals surface area contributed by atoms with Gasteiger partial charge in [0.1, 0.15) is 5.82 Å². The number of anilines is 2. The minimum absolute atomic E-state index is 0.0931. The number of hydrogen-bond donors (Lipinski definition) is 2. The number of benzene rings is 1. The summed E-state index contributed by atoms with van der Waals surface area (Å²) in [6, 6.07) is 4.43. The summed E-state index contributed by atoms with van der Waals surface area (Å²) in [5, 5.41) is 4.22. The third kappa shape index (κ3) is 2.66. The number of nitrogens with one attached hydrogen (secondary N) is 1. The normalized spacial score (nSPS) is 11.5. The van der Waals surface area contributed by atoms with Crippen molar-refractivity contribution < 1.29 is 8.42 Å². The monoisotopic (exact) mass is 300 g/mol. The summed E-state index contributed by atoms with van der Waals surface area (Å²) < 4.78 is 28.4. The van der Waals surface area contributed by atoms with E-state index in [-0.39, 0.29) is 10.6 Å². The van der Waals surface area contributed by atoms with Crippen molar-refractivity contribution in [3.8, 4) is 0 Å². The summed E-state index contributed by atoms with van der Waals surface area (Å²) in [5.74, 6) is 0.368. The van der Waals surface area contributed by atoms with Gasteiger partial charge in [0.2, 0.25) is 0 Å². The van der Waals surface area contributed by atoms with Gasteiger partial charge in [-0.05, 0) is 24.6 Å². The number of nitrogen functional groups attached to an aromatic ring is 1. The maximum absolute atomic E-state index is 12.3. The van der Waals surface area contributed by atoms with E-state index in [1.165, 1.54) is 23.0 Å². The first kappa shape index (κ1) is 13.7. The van der Waals surface area contributed by atoms with E-state index >= 15 is 0 Å². The summed E-state index contributed by atoms with van der Waals surface area (Å²) in [6.45, 7) is 1.66. The molecule has 2 aromatic rings. The molecule has 0 saturated heterocycles. The molecule has 0 amide bonds. The number of aryl methyl sites for hydroxylation is 2. The van der Waals surface area contributed by atoms with Gasteiger partial charge in [0.15, 0.2) is 0 Å².